The molecule has 0 N–H and O–H groups in total. The number of nitrogens with zero attached hydrogens (tertiary/aromatic N) is 3. The minimum Gasteiger partial charge on any atom is -0.383 e. The van der Waals surface area contributed by atoms with Crippen LogP contribution >= 0.6 is 11.6 Å². The molecule has 1 aromatic heterocycles. The van der Waals surface area contributed by atoms with Crippen LogP contribution in [0.1, 0.15) is 35.8 Å². The fourth-order valence-electron chi connectivity index (χ4n) is 2.99. The molecule has 1 heterocycles. The Morgan fingerprint density at radius 3 is 2.41 bits per heavy atom. The van der Waals surface area contributed by atoms with Gasteiger partial charge in [-0.15, -0.1) is 0 Å². The second-order valence-corrected chi connectivity index (χ2v) is 7.44. The first-order valence-corrected chi connectivity index (χ1v) is 10.3. The number of amides is 2. The molecule has 0 radical (unpaired) electrons. The van der Waals surface area contributed by atoms with Gasteiger partial charge in [0.25, 0.3) is 5.91 Å². The summed E-state index contributed by atoms with van der Waals surface area (Å²) in [6.07, 6.45) is 3.88. The third-order valence-electron chi connectivity index (χ3n) is 4.81. The van der Waals surface area contributed by atoms with E-state index >= 15 is 0 Å². The van der Waals surface area contributed by atoms with Crippen molar-refractivity contribution < 1.29 is 14.3 Å². The summed E-state index contributed by atoms with van der Waals surface area (Å²) in [4.78, 5) is 29.4. The quantitative estimate of drug-likeness (QED) is 0.559. The van der Waals surface area contributed by atoms with Crippen LogP contribution in [-0.2, 0) is 23.1 Å². The Hall–Kier alpha value is -2.31. The van der Waals surface area contributed by atoms with E-state index < -0.39 is 0 Å². The molecule has 6 nitrogen and oxygen atoms in total. The van der Waals surface area contributed by atoms with Gasteiger partial charge in [0, 0.05) is 49.7 Å². The van der Waals surface area contributed by atoms with E-state index in [0.717, 1.165) is 18.5 Å². The number of aryl methyl sites for hydroxylation is 1. The van der Waals surface area contributed by atoms with Gasteiger partial charge < -0.3 is 19.1 Å². The molecule has 0 aliphatic heterocycles. The summed E-state index contributed by atoms with van der Waals surface area (Å²) in [5, 5.41) is 0.564. The number of unbranched alkanes of at least 4 members (excludes halogenated alkanes) is 1. The molecule has 0 spiro atoms. The summed E-state index contributed by atoms with van der Waals surface area (Å²) >= 11 is 5.93. The van der Waals surface area contributed by atoms with Crippen molar-refractivity contribution in [2.75, 3.05) is 33.4 Å². The van der Waals surface area contributed by atoms with E-state index in [4.69, 9.17) is 16.3 Å². The molecule has 0 aliphatic rings. The minimum atomic E-state index is -0.207. The van der Waals surface area contributed by atoms with E-state index in [1.165, 1.54) is 0 Å². The average molecular weight is 420 g/mol. The maximum absolute atomic E-state index is 13.1. The van der Waals surface area contributed by atoms with Crippen LogP contribution in [0.2, 0.25) is 5.02 Å². The summed E-state index contributed by atoms with van der Waals surface area (Å²) in [6, 6.07) is 10.7. The number of carbonyl (C=O) groups excluding carboxylic acids is 2. The van der Waals surface area contributed by atoms with Gasteiger partial charge in [0.1, 0.15) is 6.54 Å². The molecule has 0 unspecified atom stereocenters. The zero-order valence-electron chi connectivity index (χ0n) is 17.4. The standard InChI is InChI=1S/C22H30ClN3O3/c1-4-5-13-25(16-20-7-6-12-24(20)2)21(27)17-26(14-15-29-3)22(28)18-8-10-19(23)11-9-18/h6-12H,4-5,13-17H2,1-3H3. The third-order valence-corrected chi connectivity index (χ3v) is 5.06. The number of ether oxygens (including phenoxy) is 1. The van der Waals surface area contributed by atoms with Gasteiger partial charge >= 0.3 is 0 Å². The number of hydrogen-bond acceptors (Lipinski definition) is 3. The lowest BCUT2D eigenvalue weighted by Gasteiger charge is -2.28. The Bertz CT molecular complexity index is 789. The number of halogens is 1. The van der Waals surface area contributed by atoms with Gasteiger partial charge in [-0.1, -0.05) is 24.9 Å². The molecule has 29 heavy (non-hydrogen) atoms. The molecule has 2 amide bonds. The molecule has 0 saturated heterocycles. The Morgan fingerprint density at radius 2 is 1.83 bits per heavy atom. The minimum absolute atomic E-state index is 0.0129. The highest BCUT2D eigenvalue weighted by Gasteiger charge is 2.22. The first-order valence-electron chi connectivity index (χ1n) is 9.88. The van der Waals surface area contributed by atoms with Crippen LogP contribution in [0.4, 0.5) is 0 Å². The zero-order valence-corrected chi connectivity index (χ0v) is 18.2. The number of rotatable bonds is 11. The van der Waals surface area contributed by atoms with E-state index in [1.807, 2.05) is 34.8 Å². The van der Waals surface area contributed by atoms with Crippen LogP contribution in [-0.4, -0.2) is 59.5 Å². The predicted octanol–water partition coefficient (Wildman–Crippen LogP) is 3.60. The smallest absolute Gasteiger partial charge is 0.254 e. The molecular weight excluding hydrogens is 390 g/mol. The first-order chi connectivity index (χ1) is 14.0. The van der Waals surface area contributed by atoms with Crippen molar-refractivity contribution in [1.29, 1.82) is 0 Å². The summed E-state index contributed by atoms with van der Waals surface area (Å²) in [6.45, 7) is 4.00. The number of benzene rings is 1. The van der Waals surface area contributed by atoms with Crippen molar-refractivity contribution in [2.24, 2.45) is 7.05 Å². The summed E-state index contributed by atoms with van der Waals surface area (Å²) < 4.78 is 7.15. The van der Waals surface area contributed by atoms with Gasteiger partial charge in [0.2, 0.25) is 5.91 Å². The molecule has 7 heteroatoms. The number of methoxy groups -OCH3 is 1. The molecule has 2 rings (SSSR count). The highest BCUT2D eigenvalue weighted by atomic mass is 35.5. The van der Waals surface area contributed by atoms with Crippen LogP contribution in [0.25, 0.3) is 0 Å². The molecular formula is C22H30ClN3O3. The predicted molar refractivity (Wildman–Crippen MR) is 115 cm³/mol. The fourth-order valence-corrected chi connectivity index (χ4v) is 3.12. The maximum Gasteiger partial charge on any atom is 0.254 e. The second kappa shape index (κ2) is 11.6. The van der Waals surface area contributed by atoms with Gasteiger partial charge in [-0.05, 0) is 42.8 Å². The lowest BCUT2D eigenvalue weighted by Crippen LogP contribution is -2.44. The van der Waals surface area contributed by atoms with Crippen molar-refractivity contribution >= 4 is 23.4 Å². The largest absolute Gasteiger partial charge is 0.383 e. The van der Waals surface area contributed by atoms with Crippen LogP contribution < -0.4 is 0 Å². The van der Waals surface area contributed by atoms with Crippen LogP contribution in [0, 0.1) is 0 Å². The van der Waals surface area contributed by atoms with Gasteiger partial charge in [-0.25, -0.2) is 0 Å². The molecule has 2 aromatic rings. The number of aromatic nitrogens is 1. The Kier molecular flexibility index (Phi) is 9.22. The van der Waals surface area contributed by atoms with E-state index in [1.54, 1.807) is 36.3 Å². The van der Waals surface area contributed by atoms with Gasteiger partial charge in [-0.3, -0.25) is 9.59 Å². The highest BCUT2D eigenvalue weighted by molar-refractivity contribution is 6.30. The lowest BCUT2D eigenvalue weighted by atomic mass is 10.2. The van der Waals surface area contributed by atoms with Gasteiger partial charge in [0.15, 0.2) is 0 Å². The Balaban J connectivity index is 2.14. The van der Waals surface area contributed by atoms with Gasteiger partial charge in [0.05, 0.1) is 13.2 Å². The van der Waals surface area contributed by atoms with Crippen molar-refractivity contribution in [3.63, 3.8) is 0 Å². The average Bonchev–Trinajstić information content (AvgIpc) is 3.12. The topological polar surface area (TPSA) is 54.8 Å². The Labute approximate surface area is 178 Å². The normalized spacial score (nSPS) is 10.8. The Morgan fingerprint density at radius 1 is 1.10 bits per heavy atom. The fraction of sp³-hybridized carbons (Fsp3) is 0.455. The monoisotopic (exact) mass is 419 g/mol. The molecule has 0 saturated carbocycles. The zero-order chi connectivity index (χ0) is 21.2. The van der Waals surface area contributed by atoms with Crippen LogP contribution in [0.5, 0.6) is 0 Å². The summed E-state index contributed by atoms with van der Waals surface area (Å²) in [5.74, 6) is -0.278. The van der Waals surface area contributed by atoms with Crippen molar-refractivity contribution in [3.8, 4) is 0 Å². The summed E-state index contributed by atoms with van der Waals surface area (Å²) in [7, 11) is 3.54. The second-order valence-electron chi connectivity index (χ2n) is 7.01. The van der Waals surface area contributed by atoms with Crippen LogP contribution in [0.3, 0.4) is 0 Å². The van der Waals surface area contributed by atoms with Crippen molar-refractivity contribution in [3.05, 3.63) is 58.9 Å². The molecule has 0 bridgehead atoms. The molecule has 1 aromatic carbocycles. The maximum atomic E-state index is 13.1. The SMILES string of the molecule is CCCCN(Cc1cccn1C)C(=O)CN(CCOC)C(=O)c1ccc(Cl)cc1. The number of hydrogen-bond donors (Lipinski definition) is 0. The number of carbonyl (C=O) groups is 2. The lowest BCUT2D eigenvalue weighted by molar-refractivity contribution is -0.132. The van der Waals surface area contributed by atoms with Crippen molar-refractivity contribution in [1.82, 2.24) is 14.4 Å². The van der Waals surface area contributed by atoms with Crippen molar-refractivity contribution in [2.45, 2.75) is 26.3 Å². The van der Waals surface area contributed by atoms with E-state index in [9.17, 15) is 9.59 Å². The van der Waals surface area contributed by atoms with Crippen LogP contribution in [0.15, 0.2) is 42.6 Å². The molecule has 0 fully saturated rings. The highest BCUT2D eigenvalue weighted by Crippen LogP contribution is 2.13. The molecule has 158 valence electrons. The molecule has 0 atom stereocenters. The third kappa shape index (κ3) is 6.91. The summed E-state index contributed by atoms with van der Waals surface area (Å²) in [5.41, 5.74) is 1.56. The molecule has 0 aliphatic carbocycles. The van der Waals surface area contributed by atoms with E-state index in [2.05, 4.69) is 6.92 Å². The van der Waals surface area contributed by atoms with Gasteiger partial charge in [-0.2, -0.15) is 0 Å². The van der Waals surface area contributed by atoms with E-state index in [0.29, 0.717) is 36.8 Å². The first kappa shape index (κ1) is 23.0. The van der Waals surface area contributed by atoms with E-state index in [-0.39, 0.29) is 18.4 Å².